The molecule has 1 aromatic heterocycles. The Hall–Kier alpha value is -0.680. The second-order valence-electron chi connectivity index (χ2n) is 4.80. The number of aliphatic hydroxyl groups excluding tert-OH is 1. The molecule has 0 bridgehead atoms. The summed E-state index contributed by atoms with van der Waals surface area (Å²) in [5.41, 5.74) is 0. The molecule has 1 aliphatic rings. The molecule has 0 saturated heterocycles. The fraction of sp³-hybridized carbons (Fsp3) is 0.692. The average molecular weight is 314 g/mol. The molecule has 1 aromatic rings. The Morgan fingerprint density at radius 1 is 1.33 bits per heavy atom. The predicted molar refractivity (Wildman–Crippen MR) is 75.8 cm³/mol. The standard InChI is InChI=1S/C13H20BrN3O/c1-10-15-12(14)9-13(16-10)17(7-8-18)11-5-3-2-4-6-11/h9,11,18H,2-8H2,1H3. The van der Waals surface area contributed by atoms with E-state index in [4.69, 9.17) is 0 Å². The minimum absolute atomic E-state index is 0.164. The third-order valence-electron chi connectivity index (χ3n) is 3.44. The van der Waals surface area contributed by atoms with Crippen LogP contribution in [-0.2, 0) is 0 Å². The van der Waals surface area contributed by atoms with Crippen LogP contribution in [0.5, 0.6) is 0 Å². The summed E-state index contributed by atoms with van der Waals surface area (Å²) in [5.74, 6) is 1.69. The number of aryl methyl sites for hydroxylation is 1. The van der Waals surface area contributed by atoms with E-state index < -0.39 is 0 Å². The average Bonchev–Trinajstić information content (AvgIpc) is 2.36. The van der Waals surface area contributed by atoms with E-state index in [1.165, 1.54) is 32.1 Å². The topological polar surface area (TPSA) is 49.2 Å². The number of halogens is 1. The predicted octanol–water partition coefficient (Wildman–Crippen LogP) is 2.68. The highest BCUT2D eigenvalue weighted by Gasteiger charge is 2.22. The van der Waals surface area contributed by atoms with Crippen molar-refractivity contribution in [2.24, 2.45) is 0 Å². The molecule has 0 atom stereocenters. The van der Waals surface area contributed by atoms with Crippen molar-refractivity contribution in [3.63, 3.8) is 0 Å². The Morgan fingerprint density at radius 2 is 2.06 bits per heavy atom. The van der Waals surface area contributed by atoms with Crippen molar-refractivity contribution in [1.82, 2.24) is 9.97 Å². The molecular weight excluding hydrogens is 294 g/mol. The number of hydrogen-bond acceptors (Lipinski definition) is 4. The van der Waals surface area contributed by atoms with Crippen LogP contribution in [0.1, 0.15) is 37.9 Å². The number of hydrogen-bond donors (Lipinski definition) is 1. The van der Waals surface area contributed by atoms with E-state index in [9.17, 15) is 5.11 Å². The molecule has 0 aromatic carbocycles. The summed E-state index contributed by atoms with van der Waals surface area (Å²) in [6, 6.07) is 2.45. The zero-order chi connectivity index (χ0) is 13.0. The molecule has 0 amide bonds. The first-order valence-corrected chi connectivity index (χ1v) is 7.38. The highest BCUT2D eigenvalue weighted by Crippen LogP contribution is 2.27. The molecule has 5 heteroatoms. The molecule has 1 N–H and O–H groups in total. The maximum absolute atomic E-state index is 9.27. The maximum atomic E-state index is 9.27. The molecule has 2 rings (SSSR count). The maximum Gasteiger partial charge on any atom is 0.133 e. The zero-order valence-electron chi connectivity index (χ0n) is 10.8. The van der Waals surface area contributed by atoms with Crippen molar-refractivity contribution in [1.29, 1.82) is 0 Å². The van der Waals surface area contributed by atoms with Gasteiger partial charge in [0.15, 0.2) is 0 Å². The third kappa shape index (κ3) is 3.42. The van der Waals surface area contributed by atoms with Crippen molar-refractivity contribution in [3.8, 4) is 0 Å². The van der Waals surface area contributed by atoms with Crippen LogP contribution in [0.2, 0.25) is 0 Å². The van der Waals surface area contributed by atoms with Gasteiger partial charge in [-0.25, -0.2) is 9.97 Å². The van der Waals surface area contributed by atoms with Crippen LogP contribution in [0.25, 0.3) is 0 Å². The van der Waals surface area contributed by atoms with Gasteiger partial charge in [-0.2, -0.15) is 0 Å². The summed E-state index contributed by atoms with van der Waals surface area (Å²) in [7, 11) is 0. The van der Waals surface area contributed by atoms with E-state index in [1.807, 2.05) is 13.0 Å². The van der Waals surface area contributed by atoms with Crippen molar-refractivity contribution in [2.75, 3.05) is 18.1 Å². The van der Waals surface area contributed by atoms with Crippen LogP contribution in [0.15, 0.2) is 10.7 Å². The van der Waals surface area contributed by atoms with Crippen molar-refractivity contribution in [2.45, 2.75) is 45.1 Å². The fourth-order valence-corrected chi connectivity index (χ4v) is 3.11. The lowest BCUT2D eigenvalue weighted by Crippen LogP contribution is -2.39. The summed E-state index contributed by atoms with van der Waals surface area (Å²) in [6.45, 7) is 2.71. The molecule has 4 nitrogen and oxygen atoms in total. The molecule has 1 fully saturated rings. The third-order valence-corrected chi connectivity index (χ3v) is 3.85. The van der Waals surface area contributed by atoms with Gasteiger partial charge < -0.3 is 10.0 Å². The number of nitrogens with zero attached hydrogens (tertiary/aromatic N) is 3. The highest BCUT2D eigenvalue weighted by atomic mass is 79.9. The Labute approximate surface area is 117 Å². The summed E-state index contributed by atoms with van der Waals surface area (Å²) in [4.78, 5) is 11.0. The summed E-state index contributed by atoms with van der Waals surface area (Å²) >= 11 is 3.42. The van der Waals surface area contributed by atoms with E-state index in [0.29, 0.717) is 12.6 Å². The molecule has 0 spiro atoms. The number of aromatic nitrogens is 2. The van der Waals surface area contributed by atoms with Gasteiger partial charge in [0.2, 0.25) is 0 Å². The molecule has 18 heavy (non-hydrogen) atoms. The molecule has 0 aliphatic heterocycles. The lowest BCUT2D eigenvalue weighted by Gasteiger charge is -2.35. The first kappa shape index (κ1) is 13.7. The van der Waals surface area contributed by atoms with Gasteiger partial charge in [0, 0.05) is 18.7 Å². The van der Waals surface area contributed by atoms with Gasteiger partial charge in [-0.3, -0.25) is 0 Å². The van der Waals surface area contributed by atoms with Crippen LogP contribution in [0.4, 0.5) is 5.82 Å². The Balaban J connectivity index is 2.22. The monoisotopic (exact) mass is 313 g/mol. The zero-order valence-corrected chi connectivity index (χ0v) is 12.4. The molecule has 1 heterocycles. The van der Waals surface area contributed by atoms with Crippen molar-refractivity contribution < 1.29 is 5.11 Å². The number of anilines is 1. The van der Waals surface area contributed by atoms with Gasteiger partial charge in [-0.15, -0.1) is 0 Å². The molecule has 1 aliphatic carbocycles. The molecule has 0 unspecified atom stereocenters. The second kappa shape index (κ2) is 6.48. The second-order valence-corrected chi connectivity index (χ2v) is 5.62. The lowest BCUT2D eigenvalue weighted by molar-refractivity contribution is 0.289. The Kier molecular flexibility index (Phi) is 4.95. The Bertz CT molecular complexity index is 374. The smallest absolute Gasteiger partial charge is 0.133 e. The molecule has 0 radical (unpaired) electrons. The van der Waals surface area contributed by atoms with Crippen molar-refractivity contribution in [3.05, 3.63) is 16.5 Å². The Morgan fingerprint density at radius 3 is 2.67 bits per heavy atom. The molecule has 1 saturated carbocycles. The molecule has 100 valence electrons. The molecular formula is C13H20BrN3O. The minimum atomic E-state index is 0.164. The van der Waals surface area contributed by atoms with Crippen molar-refractivity contribution >= 4 is 21.7 Å². The van der Waals surface area contributed by atoms with Crippen LogP contribution >= 0.6 is 15.9 Å². The summed E-state index contributed by atoms with van der Waals surface area (Å²) in [6.07, 6.45) is 6.27. The van der Waals surface area contributed by atoms with E-state index in [2.05, 4.69) is 30.8 Å². The summed E-state index contributed by atoms with van der Waals surface area (Å²) in [5, 5.41) is 9.27. The number of rotatable bonds is 4. The first-order chi connectivity index (χ1) is 8.70. The number of aliphatic hydroxyl groups is 1. The van der Waals surface area contributed by atoms with E-state index in [0.717, 1.165) is 16.2 Å². The minimum Gasteiger partial charge on any atom is -0.395 e. The largest absolute Gasteiger partial charge is 0.395 e. The van der Waals surface area contributed by atoms with Crippen LogP contribution in [0.3, 0.4) is 0 Å². The van der Waals surface area contributed by atoms with Gasteiger partial charge in [-0.1, -0.05) is 19.3 Å². The van der Waals surface area contributed by atoms with Gasteiger partial charge >= 0.3 is 0 Å². The summed E-state index contributed by atoms with van der Waals surface area (Å²) < 4.78 is 0.809. The van der Waals surface area contributed by atoms with E-state index >= 15 is 0 Å². The highest BCUT2D eigenvalue weighted by molar-refractivity contribution is 9.10. The van der Waals surface area contributed by atoms with Gasteiger partial charge in [0.25, 0.3) is 0 Å². The lowest BCUT2D eigenvalue weighted by atomic mass is 9.94. The van der Waals surface area contributed by atoms with Gasteiger partial charge in [0.05, 0.1) is 6.61 Å². The quantitative estimate of drug-likeness (QED) is 0.868. The first-order valence-electron chi connectivity index (χ1n) is 6.59. The fourth-order valence-electron chi connectivity index (χ4n) is 2.65. The van der Waals surface area contributed by atoms with Crippen LogP contribution < -0.4 is 4.90 Å². The van der Waals surface area contributed by atoms with Crippen LogP contribution in [-0.4, -0.2) is 34.3 Å². The normalized spacial score (nSPS) is 16.8. The van der Waals surface area contributed by atoms with Gasteiger partial charge in [0.1, 0.15) is 16.2 Å². The van der Waals surface area contributed by atoms with E-state index in [-0.39, 0.29) is 6.61 Å². The van der Waals surface area contributed by atoms with E-state index in [1.54, 1.807) is 0 Å². The SMILES string of the molecule is Cc1nc(Br)cc(N(CCO)C2CCCCC2)n1. The van der Waals surface area contributed by atoms with Gasteiger partial charge in [-0.05, 0) is 35.7 Å². The van der Waals surface area contributed by atoms with Crippen LogP contribution in [0, 0.1) is 6.92 Å².